The normalized spacial score (nSPS) is 16.8. The van der Waals surface area contributed by atoms with E-state index in [0.29, 0.717) is 28.7 Å². The number of ketones is 1. The monoisotopic (exact) mass is 498 g/mol. The summed E-state index contributed by atoms with van der Waals surface area (Å²) in [6, 6.07) is 7.39. The predicted molar refractivity (Wildman–Crippen MR) is 142 cm³/mol. The molecule has 3 heterocycles. The molecule has 37 heavy (non-hydrogen) atoms. The first-order valence-electron chi connectivity index (χ1n) is 13.2. The molecule has 0 bridgehead atoms. The second kappa shape index (κ2) is 10.4. The molecule has 1 aliphatic heterocycles. The summed E-state index contributed by atoms with van der Waals surface area (Å²) in [5.74, 6) is 1.47. The van der Waals surface area contributed by atoms with Crippen molar-refractivity contribution in [2.45, 2.75) is 57.8 Å². The number of ether oxygens (including phenoxy) is 1. The van der Waals surface area contributed by atoms with Gasteiger partial charge in [-0.2, -0.15) is 5.26 Å². The van der Waals surface area contributed by atoms with Gasteiger partial charge in [0.25, 0.3) is 0 Å². The zero-order chi connectivity index (χ0) is 26.1. The number of carbonyl (C=O) groups excluding carboxylic acids is 2. The largest absolute Gasteiger partial charge is 0.496 e. The topological polar surface area (TPSA) is 88.2 Å². The fraction of sp³-hybridized carbons (Fsp3) is 0.467. The second-order valence-electron chi connectivity index (χ2n) is 10.5. The molecule has 5 rings (SSSR count). The lowest BCUT2D eigenvalue weighted by Crippen LogP contribution is -2.40. The summed E-state index contributed by atoms with van der Waals surface area (Å²) in [6.07, 6.45) is 10.2. The minimum absolute atomic E-state index is 0.0767. The molecular weight excluding hydrogens is 464 g/mol. The molecular formula is C30H34N4O3. The van der Waals surface area contributed by atoms with Crippen LogP contribution in [0.1, 0.15) is 77.1 Å². The van der Waals surface area contributed by atoms with E-state index in [0.717, 1.165) is 60.9 Å². The molecule has 7 heteroatoms. The molecule has 1 aromatic carbocycles. The van der Waals surface area contributed by atoms with E-state index in [1.165, 1.54) is 18.4 Å². The van der Waals surface area contributed by atoms with Gasteiger partial charge in [0.1, 0.15) is 11.4 Å². The Balaban J connectivity index is 1.40. The van der Waals surface area contributed by atoms with E-state index < -0.39 is 0 Å². The average Bonchev–Trinajstić information content (AvgIpc) is 3.57. The molecule has 0 N–H and O–H groups in total. The lowest BCUT2D eigenvalue weighted by atomic mass is 9.88. The number of carbonyl (C=O) groups is 2. The zero-order valence-electron chi connectivity index (χ0n) is 21.9. The van der Waals surface area contributed by atoms with Gasteiger partial charge in [0.05, 0.1) is 24.1 Å². The number of hydrogen-bond donors (Lipinski definition) is 0. The number of hydrogen-bond acceptors (Lipinski definition) is 5. The Morgan fingerprint density at radius 2 is 1.89 bits per heavy atom. The number of Topliss-reactive ketones (excluding diaryl/α,β-unsaturated/α-hetero) is 1. The summed E-state index contributed by atoms with van der Waals surface area (Å²) < 4.78 is 7.93. The molecule has 0 radical (unpaired) electrons. The lowest BCUT2D eigenvalue weighted by molar-refractivity contribution is -0.136. The summed E-state index contributed by atoms with van der Waals surface area (Å²) in [5, 5.41) is 10.3. The third kappa shape index (κ3) is 4.73. The number of piperidine rings is 1. The predicted octanol–water partition coefficient (Wildman–Crippen LogP) is 5.08. The molecule has 1 saturated carbocycles. The van der Waals surface area contributed by atoms with Crippen molar-refractivity contribution < 1.29 is 14.3 Å². The maximum absolute atomic E-state index is 13.2. The first-order chi connectivity index (χ1) is 17.9. The number of likely N-dealkylation sites (tertiary alicyclic amines) is 1. The van der Waals surface area contributed by atoms with Gasteiger partial charge in [-0.3, -0.25) is 9.59 Å². The van der Waals surface area contributed by atoms with Crippen LogP contribution in [0.15, 0.2) is 30.6 Å². The molecule has 7 nitrogen and oxygen atoms in total. The lowest BCUT2D eigenvalue weighted by Gasteiger charge is -2.33. The van der Waals surface area contributed by atoms with Crippen LogP contribution in [0.25, 0.3) is 11.0 Å². The average molecular weight is 499 g/mol. The Morgan fingerprint density at radius 1 is 1.16 bits per heavy atom. The van der Waals surface area contributed by atoms with Crippen LogP contribution in [0, 0.1) is 24.2 Å². The minimum Gasteiger partial charge on any atom is -0.496 e. The molecule has 2 fully saturated rings. The van der Waals surface area contributed by atoms with Gasteiger partial charge < -0.3 is 14.2 Å². The number of benzene rings is 1. The van der Waals surface area contributed by atoms with Crippen molar-refractivity contribution in [1.82, 2.24) is 14.5 Å². The Morgan fingerprint density at radius 3 is 2.57 bits per heavy atom. The van der Waals surface area contributed by atoms with Gasteiger partial charge >= 0.3 is 0 Å². The zero-order valence-corrected chi connectivity index (χ0v) is 21.9. The van der Waals surface area contributed by atoms with Gasteiger partial charge in [-0.25, -0.2) is 4.98 Å². The SMILES string of the molecule is COc1c(CC(=O)c2ccc(C)c(C#N)c2)cnc2c1c(C1CCN(C(=O)C3CCCC3)CC1)cn2C. The van der Waals surface area contributed by atoms with Crippen LogP contribution in [0.3, 0.4) is 0 Å². The van der Waals surface area contributed by atoms with Crippen LogP contribution in [-0.2, 0) is 18.3 Å². The van der Waals surface area contributed by atoms with Crippen LogP contribution in [0.2, 0.25) is 0 Å². The second-order valence-corrected chi connectivity index (χ2v) is 10.5. The van der Waals surface area contributed by atoms with Crippen molar-refractivity contribution in [1.29, 1.82) is 5.26 Å². The molecule has 3 aromatic rings. The number of nitrogens with zero attached hydrogens (tertiary/aromatic N) is 4. The smallest absolute Gasteiger partial charge is 0.225 e. The van der Waals surface area contributed by atoms with E-state index in [9.17, 15) is 14.9 Å². The van der Waals surface area contributed by atoms with E-state index in [2.05, 4.69) is 17.2 Å². The molecule has 2 aliphatic rings. The first-order valence-corrected chi connectivity index (χ1v) is 13.2. The number of nitriles is 1. The number of rotatable bonds is 6. The standard InChI is InChI=1S/C30H34N4O3/c1-19-8-9-22(14-23(19)16-31)26(35)15-24-17-32-29-27(28(24)37-3)25(18-33(29)2)20-10-12-34(13-11-20)30(36)21-6-4-5-7-21/h8-9,14,17-18,20-21H,4-7,10-13,15H2,1-3H3. The number of aryl methyl sites for hydroxylation is 2. The minimum atomic E-state index is -0.0767. The highest BCUT2D eigenvalue weighted by Crippen LogP contribution is 2.40. The van der Waals surface area contributed by atoms with Gasteiger partial charge in [0, 0.05) is 56.0 Å². The van der Waals surface area contributed by atoms with Crippen LogP contribution < -0.4 is 4.74 Å². The summed E-state index contributed by atoms with van der Waals surface area (Å²) in [6.45, 7) is 3.41. The molecule has 192 valence electrons. The highest BCUT2D eigenvalue weighted by atomic mass is 16.5. The third-order valence-corrected chi connectivity index (χ3v) is 8.23. The first kappa shape index (κ1) is 25.0. The third-order valence-electron chi connectivity index (χ3n) is 8.23. The number of pyridine rings is 1. The Labute approximate surface area is 218 Å². The van der Waals surface area contributed by atoms with Crippen molar-refractivity contribution in [2.24, 2.45) is 13.0 Å². The quantitative estimate of drug-likeness (QED) is 0.442. The molecule has 1 aliphatic carbocycles. The maximum atomic E-state index is 13.2. The van der Waals surface area contributed by atoms with Crippen molar-refractivity contribution >= 4 is 22.7 Å². The van der Waals surface area contributed by atoms with Gasteiger partial charge in [0.15, 0.2) is 5.78 Å². The molecule has 1 amide bonds. The number of aromatic nitrogens is 2. The van der Waals surface area contributed by atoms with Gasteiger partial charge in [-0.15, -0.1) is 0 Å². The number of methoxy groups -OCH3 is 1. The highest BCUT2D eigenvalue weighted by molar-refractivity contribution is 5.99. The highest BCUT2D eigenvalue weighted by Gasteiger charge is 2.32. The molecule has 0 atom stereocenters. The van der Waals surface area contributed by atoms with Crippen LogP contribution >= 0.6 is 0 Å². The van der Waals surface area contributed by atoms with Crippen molar-refractivity contribution in [3.63, 3.8) is 0 Å². The van der Waals surface area contributed by atoms with E-state index >= 15 is 0 Å². The maximum Gasteiger partial charge on any atom is 0.225 e. The Kier molecular flexibility index (Phi) is 7.01. The van der Waals surface area contributed by atoms with Crippen molar-refractivity contribution in [2.75, 3.05) is 20.2 Å². The van der Waals surface area contributed by atoms with Crippen molar-refractivity contribution in [3.05, 3.63) is 58.4 Å². The molecule has 1 saturated heterocycles. The van der Waals surface area contributed by atoms with Crippen LogP contribution in [0.5, 0.6) is 5.75 Å². The van der Waals surface area contributed by atoms with E-state index in [1.807, 2.05) is 24.6 Å². The summed E-state index contributed by atoms with van der Waals surface area (Å²) in [5.41, 5.74) is 4.61. The van der Waals surface area contributed by atoms with E-state index in [1.54, 1.807) is 25.4 Å². The number of amides is 1. The van der Waals surface area contributed by atoms with Gasteiger partial charge in [0.2, 0.25) is 5.91 Å². The van der Waals surface area contributed by atoms with Gasteiger partial charge in [-0.05, 0) is 55.7 Å². The summed E-state index contributed by atoms with van der Waals surface area (Å²) in [4.78, 5) is 32.9. The fourth-order valence-electron chi connectivity index (χ4n) is 6.09. The van der Waals surface area contributed by atoms with Crippen LogP contribution in [0.4, 0.5) is 0 Å². The summed E-state index contributed by atoms with van der Waals surface area (Å²) in [7, 11) is 3.62. The van der Waals surface area contributed by atoms with E-state index in [-0.39, 0.29) is 18.1 Å². The molecule has 0 spiro atoms. The Hall–Kier alpha value is -3.66. The van der Waals surface area contributed by atoms with Crippen molar-refractivity contribution in [3.8, 4) is 11.8 Å². The molecule has 0 unspecified atom stereocenters. The molecule has 2 aromatic heterocycles. The number of fused-ring (bicyclic) bond motifs is 1. The van der Waals surface area contributed by atoms with Crippen LogP contribution in [-0.4, -0.2) is 46.3 Å². The van der Waals surface area contributed by atoms with Gasteiger partial charge in [-0.1, -0.05) is 25.0 Å². The fourth-order valence-corrected chi connectivity index (χ4v) is 6.09. The van der Waals surface area contributed by atoms with E-state index in [4.69, 9.17) is 9.72 Å². The summed E-state index contributed by atoms with van der Waals surface area (Å²) >= 11 is 0. The Bertz CT molecular complexity index is 1390.